The fourth-order valence-electron chi connectivity index (χ4n) is 1.43. The molecule has 0 saturated heterocycles. The molecule has 0 aliphatic carbocycles. The largest absolute Gasteiger partial charge is 0.490 e. The van der Waals surface area contributed by atoms with Crippen LogP contribution in [0.4, 0.5) is 0 Å². The van der Waals surface area contributed by atoms with Gasteiger partial charge in [0.05, 0.1) is 18.8 Å². The quantitative estimate of drug-likeness (QED) is 0.515. The van der Waals surface area contributed by atoms with E-state index >= 15 is 0 Å². The van der Waals surface area contributed by atoms with Crippen LogP contribution in [0.3, 0.4) is 0 Å². The van der Waals surface area contributed by atoms with Crippen LogP contribution >= 0.6 is 0 Å². The second-order valence-corrected chi connectivity index (χ2v) is 3.42. The van der Waals surface area contributed by atoms with Gasteiger partial charge in [-0.05, 0) is 19.1 Å². The van der Waals surface area contributed by atoms with E-state index in [1.807, 2.05) is 6.92 Å². The summed E-state index contributed by atoms with van der Waals surface area (Å²) in [5.74, 6) is 1.12. The van der Waals surface area contributed by atoms with E-state index in [1.165, 1.54) is 0 Å². The van der Waals surface area contributed by atoms with Gasteiger partial charge in [0.15, 0.2) is 17.8 Å². The Morgan fingerprint density at radius 1 is 1.24 bits per heavy atom. The number of hydrogen-bond acceptors (Lipinski definition) is 4. The zero-order valence-electron chi connectivity index (χ0n) is 10.3. The van der Waals surface area contributed by atoms with Crippen LogP contribution in [-0.2, 0) is 4.74 Å². The van der Waals surface area contributed by atoms with Crippen molar-refractivity contribution in [2.75, 3.05) is 26.9 Å². The van der Waals surface area contributed by atoms with Gasteiger partial charge in [0.25, 0.3) is 0 Å². The molecule has 0 unspecified atom stereocenters. The van der Waals surface area contributed by atoms with Gasteiger partial charge in [-0.2, -0.15) is 0 Å². The summed E-state index contributed by atoms with van der Waals surface area (Å²) in [4.78, 5) is 10.9. The van der Waals surface area contributed by atoms with Gasteiger partial charge in [-0.1, -0.05) is 6.07 Å². The van der Waals surface area contributed by atoms with Crippen molar-refractivity contribution >= 4 is 6.29 Å². The molecule has 17 heavy (non-hydrogen) atoms. The summed E-state index contributed by atoms with van der Waals surface area (Å²) in [7, 11) is 1.64. The Hall–Kier alpha value is -1.55. The number of carbonyl (C=O) groups excluding carboxylic acids is 1. The third-order valence-corrected chi connectivity index (χ3v) is 2.18. The molecule has 0 bridgehead atoms. The maximum absolute atomic E-state index is 10.9. The van der Waals surface area contributed by atoms with Crippen LogP contribution in [0.15, 0.2) is 18.2 Å². The van der Waals surface area contributed by atoms with E-state index < -0.39 is 0 Å². The van der Waals surface area contributed by atoms with E-state index in [2.05, 4.69) is 0 Å². The topological polar surface area (TPSA) is 44.8 Å². The highest BCUT2D eigenvalue weighted by Crippen LogP contribution is 2.30. The first kappa shape index (κ1) is 13.5. The molecule has 4 heteroatoms. The van der Waals surface area contributed by atoms with Gasteiger partial charge in [0.2, 0.25) is 0 Å². The molecule has 0 radical (unpaired) electrons. The van der Waals surface area contributed by atoms with Crippen molar-refractivity contribution in [3.63, 3.8) is 0 Å². The van der Waals surface area contributed by atoms with Gasteiger partial charge in [-0.3, -0.25) is 4.79 Å². The molecule has 0 spiro atoms. The minimum absolute atomic E-state index is 0.499. The van der Waals surface area contributed by atoms with Crippen LogP contribution in [0.1, 0.15) is 23.7 Å². The first-order valence-corrected chi connectivity index (χ1v) is 5.66. The Morgan fingerprint density at radius 2 is 2.06 bits per heavy atom. The fourth-order valence-corrected chi connectivity index (χ4v) is 1.43. The third kappa shape index (κ3) is 4.07. The summed E-state index contributed by atoms with van der Waals surface area (Å²) in [6, 6.07) is 5.28. The molecule has 0 saturated carbocycles. The SMILES string of the molecule is CCOc1cccc(C=O)c1OCCCOC. The van der Waals surface area contributed by atoms with Crippen LogP contribution in [0.5, 0.6) is 11.5 Å². The van der Waals surface area contributed by atoms with Crippen molar-refractivity contribution in [1.29, 1.82) is 0 Å². The van der Waals surface area contributed by atoms with Crippen molar-refractivity contribution < 1.29 is 19.0 Å². The lowest BCUT2D eigenvalue weighted by Crippen LogP contribution is -2.05. The Kier molecular flexibility index (Phi) is 6.10. The summed E-state index contributed by atoms with van der Waals surface area (Å²) in [5, 5.41) is 0. The minimum Gasteiger partial charge on any atom is -0.490 e. The summed E-state index contributed by atoms with van der Waals surface area (Å²) in [5.41, 5.74) is 0.508. The van der Waals surface area contributed by atoms with Crippen LogP contribution in [-0.4, -0.2) is 33.2 Å². The average molecular weight is 238 g/mol. The number of ether oxygens (including phenoxy) is 3. The van der Waals surface area contributed by atoms with Gasteiger partial charge in [0, 0.05) is 20.1 Å². The maximum Gasteiger partial charge on any atom is 0.171 e. The van der Waals surface area contributed by atoms with E-state index in [9.17, 15) is 4.79 Å². The highest BCUT2D eigenvalue weighted by molar-refractivity contribution is 5.81. The second-order valence-electron chi connectivity index (χ2n) is 3.42. The van der Waals surface area contributed by atoms with Crippen molar-refractivity contribution in [1.82, 2.24) is 0 Å². The van der Waals surface area contributed by atoms with Gasteiger partial charge >= 0.3 is 0 Å². The molecular weight excluding hydrogens is 220 g/mol. The predicted octanol–water partition coefficient (Wildman–Crippen LogP) is 2.31. The van der Waals surface area contributed by atoms with Crippen molar-refractivity contribution in [3.8, 4) is 11.5 Å². The molecule has 0 aromatic heterocycles. The summed E-state index contributed by atoms with van der Waals surface area (Å²) >= 11 is 0. The summed E-state index contributed by atoms with van der Waals surface area (Å²) in [6.45, 7) is 3.56. The van der Waals surface area contributed by atoms with Gasteiger partial charge < -0.3 is 14.2 Å². The zero-order valence-corrected chi connectivity index (χ0v) is 10.3. The number of rotatable bonds is 8. The molecule has 0 heterocycles. The number of benzene rings is 1. The zero-order chi connectivity index (χ0) is 12.5. The van der Waals surface area contributed by atoms with E-state index in [4.69, 9.17) is 14.2 Å². The summed E-state index contributed by atoms with van der Waals surface area (Å²) < 4.78 is 15.9. The Balaban J connectivity index is 2.74. The molecule has 4 nitrogen and oxygen atoms in total. The number of aldehydes is 1. The Labute approximate surface area is 101 Å². The molecule has 94 valence electrons. The van der Waals surface area contributed by atoms with Gasteiger partial charge in [-0.25, -0.2) is 0 Å². The molecule has 0 fully saturated rings. The summed E-state index contributed by atoms with van der Waals surface area (Å²) in [6.07, 6.45) is 1.55. The lowest BCUT2D eigenvalue weighted by atomic mass is 10.2. The van der Waals surface area contributed by atoms with E-state index in [1.54, 1.807) is 25.3 Å². The molecule has 0 aliphatic heterocycles. The Bertz CT molecular complexity index is 349. The molecular formula is C13H18O4. The van der Waals surface area contributed by atoms with Crippen LogP contribution in [0.25, 0.3) is 0 Å². The number of carbonyl (C=O) groups is 1. The minimum atomic E-state index is 0.499. The first-order valence-electron chi connectivity index (χ1n) is 5.66. The van der Waals surface area contributed by atoms with Crippen LogP contribution in [0, 0.1) is 0 Å². The lowest BCUT2D eigenvalue weighted by molar-refractivity contribution is 0.111. The normalized spacial score (nSPS) is 10.0. The van der Waals surface area contributed by atoms with Gasteiger partial charge in [-0.15, -0.1) is 0 Å². The number of para-hydroxylation sites is 1. The maximum atomic E-state index is 10.9. The number of hydrogen-bond donors (Lipinski definition) is 0. The van der Waals surface area contributed by atoms with Crippen molar-refractivity contribution in [2.45, 2.75) is 13.3 Å². The van der Waals surface area contributed by atoms with Crippen LogP contribution < -0.4 is 9.47 Å². The molecule has 0 amide bonds. The molecule has 1 aromatic rings. The van der Waals surface area contributed by atoms with Crippen LogP contribution in [0.2, 0.25) is 0 Å². The standard InChI is InChI=1S/C13H18O4/c1-3-16-12-7-4-6-11(10-14)13(12)17-9-5-8-15-2/h4,6-7,10H,3,5,8-9H2,1-2H3. The molecule has 0 aliphatic rings. The number of methoxy groups -OCH3 is 1. The smallest absolute Gasteiger partial charge is 0.171 e. The van der Waals surface area contributed by atoms with E-state index in [0.29, 0.717) is 36.9 Å². The highest BCUT2D eigenvalue weighted by Gasteiger charge is 2.10. The second kappa shape index (κ2) is 7.68. The molecule has 0 N–H and O–H groups in total. The predicted molar refractivity (Wildman–Crippen MR) is 65.0 cm³/mol. The average Bonchev–Trinajstić information content (AvgIpc) is 2.36. The third-order valence-electron chi connectivity index (χ3n) is 2.18. The van der Waals surface area contributed by atoms with Crippen molar-refractivity contribution in [2.24, 2.45) is 0 Å². The van der Waals surface area contributed by atoms with E-state index in [-0.39, 0.29) is 0 Å². The first-order chi connectivity index (χ1) is 8.33. The highest BCUT2D eigenvalue weighted by atomic mass is 16.5. The molecule has 1 rings (SSSR count). The van der Waals surface area contributed by atoms with Crippen molar-refractivity contribution in [3.05, 3.63) is 23.8 Å². The Morgan fingerprint density at radius 3 is 2.71 bits per heavy atom. The fraction of sp³-hybridized carbons (Fsp3) is 0.462. The van der Waals surface area contributed by atoms with E-state index in [0.717, 1.165) is 12.7 Å². The molecule has 0 atom stereocenters. The van der Waals surface area contributed by atoms with Gasteiger partial charge in [0.1, 0.15) is 0 Å². The lowest BCUT2D eigenvalue weighted by Gasteiger charge is -2.13. The monoisotopic (exact) mass is 238 g/mol. The molecule has 1 aromatic carbocycles.